The maximum Gasteiger partial charge on any atom is -0.0125 e. The van der Waals surface area contributed by atoms with Crippen molar-refractivity contribution >= 4 is 6.08 Å². The van der Waals surface area contributed by atoms with E-state index in [0.29, 0.717) is 5.92 Å². The first-order chi connectivity index (χ1) is 18.1. The molecule has 0 aromatic heterocycles. The number of hydrogen-bond donors (Lipinski definition) is 0. The van der Waals surface area contributed by atoms with Crippen molar-refractivity contribution < 1.29 is 0 Å². The second-order valence-electron chi connectivity index (χ2n) is 12.1. The monoisotopic (exact) mass is 516 g/mol. The van der Waals surface area contributed by atoms with E-state index in [1.165, 1.54) is 72.8 Å². The molecule has 0 bridgehead atoms. The average molecular weight is 517 g/mol. The van der Waals surface area contributed by atoms with Crippen LogP contribution in [0, 0.1) is 25.7 Å². The van der Waals surface area contributed by atoms with E-state index in [0.717, 1.165) is 17.8 Å². The van der Waals surface area contributed by atoms with Gasteiger partial charge in [-0.05, 0) is 117 Å². The zero-order valence-corrected chi connectivity index (χ0v) is 27.0. The highest BCUT2D eigenvalue weighted by atomic mass is 14.4. The van der Waals surface area contributed by atoms with Crippen molar-refractivity contribution in [1.29, 1.82) is 0 Å². The lowest BCUT2D eigenvalue weighted by Gasteiger charge is -2.12. The summed E-state index contributed by atoms with van der Waals surface area (Å²) in [6.45, 7) is 24.5. The predicted molar refractivity (Wildman–Crippen MR) is 174 cm³/mol. The van der Waals surface area contributed by atoms with Crippen LogP contribution in [-0.2, 0) is 6.42 Å². The molecular weight excluding hydrogens is 456 g/mol. The van der Waals surface area contributed by atoms with Crippen LogP contribution in [0.4, 0.5) is 0 Å². The molecule has 0 heterocycles. The van der Waals surface area contributed by atoms with Gasteiger partial charge in [0.2, 0.25) is 0 Å². The van der Waals surface area contributed by atoms with Gasteiger partial charge in [-0.3, -0.25) is 0 Å². The van der Waals surface area contributed by atoms with E-state index >= 15 is 0 Å². The van der Waals surface area contributed by atoms with Crippen molar-refractivity contribution in [3.63, 3.8) is 0 Å². The molecule has 0 N–H and O–H groups in total. The van der Waals surface area contributed by atoms with E-state index in [1.54, 1.807) is 11.1 Å². The van der Waals surface area contributed by atoms with Gasteiger partial charge in [-0.25, -0.2) is 0 Å². The highest BCUT2D eigenvalue weighted by Gasteiger charge is 2.37. The summed E-state index contributed by atoms with van der Waals surface area (Å²) in [7, 11) is 0. The normalized spacial score (nSPS) is 16.8. The first kappa shape index (κ1) is 33.9. The minimum absolute atomic E-state index is 0.641. The van der Waals surface area contributed by atoms with Crippen LogP contribution in [0.2, 0.25) is 0 Å². The molecule has 2 unspecified atom stereocenters. The van der Waals surface area contributed by atoms with Crippen LogP contribution in [0.15, 0.2) is 54.1 Å². The van der Waals surface area contributed by atoms with Crippen molar-refractivity contribution in [2.24, 2.45) is 11.8 Å². The Morgan fingerprint density at radius 3 is 2.18 bits per heavy atom. The van der Waals surface area contributed by atoms with Crippen molar-refractivity contribution in [2.45, 2.75) is 133 Å². The van der Waals surface area contributed by atoms with Gasteiger partial charge in [-0.15, -0.1) is 0 Å². The molecule has 1 aliphatic rings. The first-order valence-electron chi connectivity index (χ1n) is 15.6. The van der Waals surface area contributed by atoms with Crippen LogP contribution < -0.4 is 0 Å². The summed E-state index contributed by atoms with van der Waals surface area (Å²) >= 11 is 0. The van der Waals surface area contributed by atoms with E-state index in [9.17, 15) is 0 Å². The molecule has 1 fully saturated rings. The Labute approximate surface area is 238 Å². The largest absolute Gasteiger partial charge is 0.0870 e. The molecule has 1 saturated carbocycles. The number of benzene rings is 2. The highest BCUT2D eigenvalue weighted by molar-refractivity contribution is 5.59. The first-order valence-corrected chi connectivity index (χ1v) is 15.6. The molecule has 0 aliphatic heterocycles. The molecule has 1 aliphatic carbocycles. The van der Waals surface area contributed by atoms with Crippen molar-refractivity contribution in [3.8, 4) is 0 Å². The Hall–Kier alpha value is -2.08. The Morgan fingerprint density at radius 1 is 0.974 bits per heavy atom. The average Bonchev–Trinajstić information content (AvgIpc) is 3.66. The van der Waals surface area contributed by atoms with Crippen molar-refractivity contribution in [1.82, 2.24) is 0 Å². The molecular formula is C38H60. The van der Waals surface area contributed by atoms with Crippen LogP contribution in [0.1, 0.15) is 146 Å². The van der Waals surface area contributed by atoms with E-state index in [1.807, 2.05) is 0 Å². The van der Waals surface area contributed by atoms with Crippen LogP contribution in [0.5, 0.6) is 0 Å². The van der Waals surface area contributed by atoms with E-state index in [2.05, 4.69) is 131 Å². The third kappa shape index (κ3) is 12.2. The molecule has 0 amide bonds. The van der Waals surface area contributed by atoms with Gasteiger partial charge in [0.1, 0.15) is 0 Å². The lowest BCUT2D eigenvalue weighted by Crippen LogP contribution is -1.98. The molecule has 3 rings (SSSR count). The Balaban J connectivity index is 0.000000295. The summed E-state index contributed by atoms with van der Waals surface area (Å²) in [5.74, 6) is 3.16. The van der Waals surface area contributed by atoms with Crippen molar-refractivity contribution in [2.75, 3.05) is 0 Å². The van der Waals surface area contributed by atoms with E-state index < -0.39 is 0 Å². The molecule has 38 heavy (non-hydrogen) atoms. The Kier molecular flexibility index (Phi) is 16.3. The predicted octanol–water partition coefficient (Wildman–Crippen LogP) is 12.4. The molecule has 0 saturated heterocycles. The Morgan fingerprint density at radius 2 is 1.68 bits per heavy atom. The summed E-state index contributed by atoms with van der Waals surface area (Å²) in [6, 6.07) is 13.6. The fourth-order valence-electron chi connectivity index (χ4n) is 5.15. The van der Waals surface area contributed by atoms with Crippen LogP contribution in [0.3, 0.4) is 0 Å². The fraction of sp³-hybridized carbons (Fsp3) is 0.579. The standard InChI is InChI=1S/C15H20.C14H22.C9H18/c1-4-7-13-11(3)8-6-9-14(13)15-10-12(15)5-2;1-10(2)8-14-7-6-13(11(3)4)9-12(14)5;1-4-6-8-9(3)7-5-2/h4,6-9,12,15H,5,10H2,1-3H3;6-7,9-11H,8H2,1-5H3;7H,4-6,8H2,1-3H3/b7-4-;;. The fourth-order valence-corrected chi connectivity index (χ4v) is 5.15. The van der Waals surface area contributed by atoms with Gasteiger partial charge in [-0.2, -0.15) is 0 Å². The van der Waals surface area contributed by atoms with Gasteiger partial charge in [-0.1, -0.05) is 122 Å². The molecule has 0 radical (unpaired) electrons. The molecule has 0 heteroatoms. The summed E-state index contributed by atoms with van der Waals surface area (Å²) in [6.07, 6.45) is 15.8. The summed E-state index contributed by atoms with van der Waals surface area (Å²) in [4.78, 5) is 0. The van der Waals surface area contributed by atoms with Gasteiger partial charge in [0, 0.05) is 0 Å². The number of aryl methyl sites for hydroxylation is 2. The van der Waals surface area contributed by atoms with Crippen LogP contribution in [-0.4, -0.2) is 0 Å². The summed E-state index contributed by atoms with van der Waals surface area (Å²) in [5, 5.41) is 0. The molecule has 2 atom stereocenters. The SMILES string of the molecule is C/C=C\c1c(C)cccc1C1CC1CC.CCC=C(C)CCCC.Cc1cc(C(C)C)ccc1CC(C)C. The number of hydrogen-bond acceptors (Lipinski definition) is 0. The second-order valence-corrected chi connectivity index (χ2v) is 12.1. The number of rotatable bonds is 10. The van der Waals surface area contributed by atoms with Crippen LogP contribution >= 0.6 is 0 Å². The maximum absolute atomic E-state index is 2.34. The van der Waals surface area contributed by atoms with E-state index in [4.69, 9.17) is 0 Å². The molecule has 0 nitrogen and oxygen atoms in total. The second kappa shape index (κ2) is 18.3. The molecule has 212 valence electrons. The molecule has 0 spiro atoms. The molecule has 2 aromatic rings. The minimum Gasteiger partial charge on any atom is -0.0870 e. The lowest BCUT2D eigenvalue weighted by atomic mass is 9.94. The Bertz CT molecular complexity index is 985. The maximum atomic E-state index is 2.34. The van der Waals surface area contributed by atoms with Gasteiger partial charge >= 0.3 is 0 Å². The summed E-state index contributed by atoms with van der Waals surface area (Å²) < 4.78 is 0. The topological polar surface area (TPSA) is 0 Å². The zero-order chi connectivity index (χ0) is 28.7. The van der Waals surface area contributed by atoms with E-state index in [-0.39, 0.29) is 0 Å². The third-order valence-corrected chi connectivity index (χ3v) is 7.68. The van der Waals surface area contributed by atoms with Gasteiger partial charge in [0.15, 0.2) is 0 Å². The van der Waals surface area contributed by atoms with Gasteiger partial charge in [0.25, 0.3) is 0 Å². The zero-order valence-electron chi connectivity index (χ0n) is 27.0. The van der Waals surface area contributed by atoms with Gasteiger partial charge < -0.3 is 0 Å². The van der Waals surface area contributed by atoms with Gasteiger partial charge in [0.05, 0.1) is 0 Å². The highest BCUT2D eigenvalue weighted by Crippen LogP contribution is 2.50. The van der Waals surface area contributed by atoms with Crippen LogP contribution in [0.25, 0.3) is 6.08 Å². The third-order valence-electron chi connectivity index (χ3n) is 7.68. The lowest BCUT2D eigenvalue weighted by molar-refractivity contribution is 0.644. The summed E-state index contributed by atoms with van der Waals surface area (Å²) in [5.41, 5.74) is 10.4. The number of unbranched alkanes of at least 4 members (excludes halogenated alkanes) is 1. The molecule has 2 aromatic carbocycles. The minimum atomic E-state index is 0.641. The number of allylic oxidation sites excluding steroid dienone is 3. The quantitative estimate of drug-likeness (QED) is 0.275. The smallest absolute Gasteiger partial charge is 0.0125 e. The van der Waals surface area contributed by atoms with Crippen molar-refractivity contribution in [3.05, 3.63) is 87.5 Å².